The third-order valence-corrected chi connectivity index (χ3v) is 14.9. The molecule has 0 fully saturated rings. The first-order valence-corrected chi connectivity index (χ1v) is 19.8. The fourth-order valence-corrected chi connectivity index (χ4v) is 7.74. The molecule has 1 rings (SSSR count). The third-order valence-electron chi connectivity index (χ3n) is 8.36. The molecule has 0 aliphatic heterocycles. The zero-order chi connectivity index (χ0) is 32.8. The molecular formula is C33H58O7SSi. The molecule has 0 saturated heterocycles. The Labute approximate surface area is 257 Å². The highest BCUT2D eigenvalue weighted by Crippen LogP contribution is 2.38. The Morgan fingerprint density at radius 3 is 2.07 bits per heavy atom. The fraction of sp³-hybridized carbons (Fsp3) is 0.758. The van der Waals surface area contributed by atoms with Crippen molar-refractivity contribution in [2.45, 2.75) is 124 Å². The van der Waals surface area contributed by atoms with Crippen LogP contribution in [0.5, 0.6) is 0 Å². The van der Waals surface area contributed by atoms with Crippen molar-refractivity contribution >= 4 is 30.1 Å². The fourth-order valence-electron chi connectivity index (χ4n) is 4.74. The minimum Gasteiger partial charge on any atom is -0.469 e. The van der Waals surface area contributed by atoms with Crippen LogP contribution in [0.4, 0.5) is 0 Å². The average molecular weight is 627 g/mol. The van der Waals surface area contributed by atoms with E-state index in [-0.39, 0.29) is 41.0 Å². The Balaban J connectivity index is 3.06. The van der Waals surface area contributed by atoms with Crippen LogP contribution in [0, 0.1) is 11.3 Å². The van der Waals surface area contributed by atoms with E-state index in [1.807, 2.05) is 72.7 Å². The van der Waals surface area contributed by atoms with Gasteiger partial charge in [0.2, 0.25) is 0 Å². The van der Waals surface area contributed by atoms with Crippen molar-refractivity contribution in [3.63, 3.8) is 0 Å². The molecule has 42 heavy (non-hydrogen) atoms. The highest BCUT2D eigenvalue weighted by molar-refractivity contribution is 7.91. The van der Waals surface area contributed by atoms with Crippen LogP contribution < -0.4 is 0 Å². The topological polar surface area (TPSA) is 96.0 Å². The summed E-state index contributed by atoms with van der Waals surface area (Å²) in [6.45, 7) is 24.1. The van der Waals surface area contributed by atoms with Crippen LogP contribution in [-0.4, -0.2) is 59.5 Å². The van der Waals surface area contributed by atoms with Crippen molar-refractivity contribution in [2.24, 2.45) is 11.3 Å². The highest BCUT2D eigenvalue weighted by atomic mass is 32.2. The van der Waals surface area contributed by atoms with Gasteiger partial charge in [-0.25, -0.2) is 8.42 Å². The maximum atomic E-state index is 13.6. The lowest BCUT2D eigenvalue weighted by molar-refractivity contribution is -0.162. The van der Waals surface area contributed by atoms with Gasteiger partial charge in [0.25, 0.3) is 0 Å². The van der Waals surface area contributed by atoms with Gasteiger partial charge in [0.1, 0.15) is 5.60 Å². The highest BCUT2D eigenvalue weighted by Gasteiger charge is 2.40. The predicted molar refractivity (Wildman–Crippen MR) is 174 cm³/mol. The molecule has 0 radical (unpaired) electrons. The quantitative estimate of drug-likeness (QED) is 0.149. The van der Waals surface area contributed by atoms with Crippen LogP contribution in [0.15, 0.2) is 24.3 Å². The molecule has 2 atom stereocenters. The molecule has 0 N–H and O–H groups in total. The Morgan fingerprint density at radius 2 is 1.55 bits per heavy atom. The average Bonchev–Trinajstić information content (AvgIpc) is 2.80. The largest absolute Gasteiger partial charge is 0.469 e. The summed E-state index contributed by atoms with van der Waals surface area (Å²) in [4.78, 5) is 25.6. The zero-order valence-corrected chi connectivity index (χ0v) is 30.4. The number of hydrogen-bond donors (Lipinski definition) is 0. The van der Waals surface area contributed by atoms with Crippen LogP contribution in [0.25, 0.3) is 0 Å². The van der Waals surface area contributed by atoms with E-state index in [1.165, 1.54) is 7.11 Å². The summed E-state index contributed by atoms with van der Waals surface area (Å²) < 4.78 is 43.0. The van der Waals surface area contributed by atoms with Gasteiger partial charge in [-0.1, -0.05) is 72.2 Å². The van der Waals surface area contributed by atoms with Crippen LogP contribution in [0.3, 0.4) is 0 Å². The van der Waals surface area contributed by atoms with Crippen molar-refractivity contribution in [1.29, 1.82) is 0 Å². The maximum absolute atomic E-state index is 13.6. The van der Waals surface area contributed by atoms with Gasteiger partial charge in [0.05, 0.1) is 29.9 Å². The van der Waals surface area contributed by atoms with Crippen molar-refractivity contribution in [2.75, 3.05) is 25.2 Å². The lowest BCUT2D eigenvalue weighted by Gasteiger charge is -2.36. The first-order valence-electron chi connectivity index (χ1n) is 15.1. The number of carbonyl (C=O) groups is 2. The van der Waals surface area contributed by atoms with Crippen LogP contribution >= 0.6 is 0 Å². The first-order chi connectivity index (χ1) is 18.8. The Bertz CT molecular complexity index is 1160. The number of benzene rings is 1. The van der Waals surface area contributed by atoms with Crippen molar-refractivity contribution in [3.05, 3.63) is 35.4 Å². The Morgan fingerprint density at radius 1 is 0.952 bits per heavy atom. The first kappa shape index (κ1) is 38.3. The van der Waals surface area contributed by atoms with Gasteiger partial charge in [-0.2, -0.15) is 0 Å². The summed E-state index contributed by atoms with van der Waals surface area (Å²) >= 11 is 0. The molecule has 242 valence electrons. The molecule has 1 unspecified atom stereocenters. The number of hydrogen-bond acceptors (Lipinski definition) is 7. The lowest BCUT2D eigenvalue weighted by atomic mass is 9.75. The lowest BCUT2D eigenvalue weighted by Crippen LogP contribution is -2.42. The summed E-state index contributed by atoms with van der Waals surface area (Å²) in [5, 5.41) is 0.0237. The van der Waals surface area contributed by atoms with Crippen molar-refractivity contribution in [3.8, 4) is 0 Å². The molecule has 0 aliphatic rings. The minimum absolute atomic E-state index is 0.00928. The summed E-state index contributed by atoms with van der Waals surface area (Å²) in [7, 11) is -3.96. The smallest absolute Gasteiger partial charge is 0.316 e. The summed E-state index contributed by atoms with van der Waals surface area (Å²) in [6.07, 6.45) is 2.26. The molecule has 0 heterocycles. The standard InChI is InChI=1S/C33H58O7SSi/c1-25(28(34)38-11)22-26-16-14-17-27(23-26)33(10,29(35)40-30(2,3)4)19-15-18-32(8,9)24-41(36,37)21-20-39-42(12,13)31(5,6)7/h14,16-17,23,25H,15,18-22,24H2,1-13H3/t25-,33?/m1/s1. The summed E-state index contributed by atoms with van der Waals surface area (Å²) in [6, 6.07) is 7.75. The number of rotatable bonds is 15. The van der Waals surface area contributed by atoms with E-state index >= 15 is 0 Å². The molecule has 0 aromatic heterocycles. The van der Waals surface area contributed by atoms with E-state index in [9.17, 15) is 18.0 Å². The van der Waals surface area contributed by atoms with Gasteiger partial charge in [0.15, 0.2) is 18.2 Å². The monoisotopic (exact) mass is 626 g/mol. The molecular weight excluding hydrogens is 569 g/mol. The molecule has 0 aliphatic carbocycles. The van der Waals surface area contributed by atoms with E-state index in [1.54, 1.807) is 0 Å². The summed E-state index contributed by atoms with van der Waals surface area (Å²) in [5.41, 5.74) is -0.312. The number of carbonyl (C=O) groups excluding carboxylic acids is 2. The summed E-state index contributed by atoms with van der Waals surface area (Å²) in [5.74, 6) is -0.839. The van der Waals surface area contributed by atoms with E-state index in [0.29, 0.717) is 25.7 Å². The zero-order valence-electron chi connectivity index (χ0n) is 28.6. The second-order valence-electron chi connectivity index (χ2n) is 15.4. The molecule has 0 saturated carbocycles. The van der Waals surface area contributed by atoms with Crippen LogP contribution in [0.1, 0.15) is 99.6 Å². The van der Waals surface area contributed by atoms with Crippen LogP contribution in [0.2, 0.25) is 18.1 Å². The third kappa shape index (κ3) is 12.1. The Hall–Kier alpha value is -1.71. The SMILES string of the molecule is COC(=O)[C@H](C)Cc1cccc(C(C)(CCCC(C)(C)CS(=O)(=O)CCO[Si](C)(C)C(C)(C)C)C(=O)OC(C)(C)C)c1. The number of ether oxygens (including phenoxy) is 2. The Kier molecular flexibility index (Phi) is 13.1. The predicted octanol–water partition coefficient (Wildman–Crippen LogP) is 7.27. The van der Waals surface area contributed by atoms with Gasteiger partial charge in [-0.15, -0.1) is 0 Å². The van der Waals surface area contributed by atoms with Crippen molar-refractivity contribution in [1.82, 2.24) is 0 Å². The number of sulfone groups is 1. The molecule has 0 amide bonds. The molecule has 7 nitrogen and oxygen atoms in total. The number of methoxy groups -OCH3 is 1. The molecule has 1 aromatic rings. The molecule has 9 heteroatoms. The molecule has 0 spiro atoms. The van der Waals surface area contributed by atoms with Gasteiger partial charge < -0.3 is 13.9 Å². The van der Waals surface area contributed by atoms with E-state index < -0.39 is 34.6 Å². The van der Waals surface area contributed by atoms with Gasteiger partial charge in [0, 0.05) is 6.61 Å². The van der Waals surface area contributed by atoms with Gasteiger partial charge >= 0.3 is 11.9 Å². The van der Waals surface area contributed by atoms with E-state index in [4.69, 9.17) is 13.9 Å². The van der Waals surface area contributed by atoms with Crippen molar-refractivity contribution < 1.29 is 31.9 Å². The van der Waals surface area contributed by atoms with Gasteiger partial charge in [-0.3, -0.25) is 9.59 Å². The normalized spacial score (nSPS) is 15.5. The molecule has 1 aromatic carbocycles. The molecule has 0 bridgehead atoms. The number of esters is 2. The maximum Gasteiger partial charge on any atom is 0.316 e. The van der Waals surface area contributed by atoms with E-state index in [2.05, 4.69) is 33.9 Å². The second-order valence-corrected chi connectivity index (χ2v) is 22.4. The van der Waals surface area contributed by atoms with E-state index in [0.717, 1.165) is 11.1 Å². The minimum atomic E-state index is -3.32. The van der Waals surface area contributed by atoms with Gasteiger partial charge in [-0.05, 0) is 81.6 Å². The van der Waals surface area contributed by atoms with Crippen LogP contribution in [-0.2, 0) is 45.2 Å². The second kappa shape index (κ2) is 14.4.